The number of amides is 2. The van der Waals surface area contributed by atoms with Crippen molar-refractivity contribution in [3.05, 3.63) is 87.8 Å². The summed E-state index contributed by atoms with van der Waals surface area (Å²) in [4.78, 5) is 26.9. The van der Waals surface area contributed by atoms with Gasteiger partial charge in [0, 0.05) is 44.5 Å². The zero-order valence-corrected chi connectivity index (χ0v) is 21.9. The van der Waals surface area contributed by atoms with Crippen LogP contribution in [-0.2, 0) is 6.54 Å². The first-order chi connectivity index (χ1) is 18.5. The molecule has 0 saturated carbocycles. The normalized spacial score (nSPS) is 14.6. The van der Waals surface area contributed by atoms with Crippen molar-refractivity contribution in [1.82, 2.24) is 14.6 Å². The molecule has 5 aromatic rings. The molecule has 39 heavy (non-hydrogen) atoms. The molecule has 1 aliphatic rings. The fraction of sp³-hybridized carbons (Fsp3) is 0.207. The predicted octanol–water partition coefficient (Wildman–Crippen LogP) is 5.96. The lowest BCUT2D eigenvalue weighted by molar-refractivity contribution is -0.113. The van der Waals surface area contributed by atoms with E-state index in [0.29, 0.717) is 44.9 Å². The maximum Gasteiger partial charge on any atom is 0.282 e. The van der Waals surface area contributed by atoms with Crippen LogP contribution < -0.4 is 5.73 Å². The first kappa shape index (κ1) is 25.1. The molecule has 3 aromatic carbocycles. The Morgan fingerprint density at radius 3 is 2.38 bits per heavy atom. The number of primary amides is 1. The van der Waals surface area contributed by atoms with E-state index in [-0.39, 0.29) is 11.1 Å². The third kappa shape index (κ3) is 4.23. The number of halogens is 3. The largest absolute Gasteiger partial charge is 0.366 e. The Hall–Kier alpha value is -4.24. The first-order valence-corrected chi connectivity index (χ1v) is 12.6. The van der Waals surface area contributed by atoms with Crippen LogP contribution in [0.1, 0.15) is 37.7 Å². The van der Waals surface area contributed by atoms with Crippen LogP contribution in [0.2, 0.25) is 5.02 Å². The van der Waals surface area contributed by atoms with Crippen molar-refractivity contribution in [2.45, 2.75) is 26.3 Å². The van der Waals surface area contributed by atoms with Crippen molar-refractivity contribution in [2.24, 2.45) is 5.73 Å². The Bertz CT molecular complexity index is 1780. The number of hydrogen-bond donors (Lipinski definition) is 1. The molecule has 2 N–H and O–H groups in total. The second kappa shape index (κ2) is 8.91. The molecule has 2 aromatic heterocycles. The summed E-state index contributed by atoms with van der Waals surface area (Å²) in [7, 11) is 0. The minimum absolute atomic E-state index is 0.258. The van der Waals surface area contributed by atoms with E-state index in [1.54, 1.807) is 43.3 Å². The number of nitrogens with zero attached hydrogens (tertiary/aromatic N) is 3. The van der Waals surface area contributed by atoms with Crippen molar-refractivity contribution in [3.63, 3.8) is 0 Å². The van der Waals surface area contributed by atoms with Crippen molar-refractivity contribution in [1.29, 1.82) is 0 Å². The molecule has 6 rings (SSSR count). The monoisotopic (exact) mass is 548 g/mol. The van der Waals surface area contributed by atoms with Gasteiger partial charge in [0.2, 0.25) is 5.91 Å². The number of fused-ring (bicyclic) bond motifs is 3. The van der Waals surface area contributed by atoms with Gasteiger partial charge in [-0.25, -0.2) is 8.78 Å². The Balaban J connectivity index is 1.61. The van der Waals surface area contributed by atoms with Crippen molar-refractivity contribution >= 4 is 45.2 Å². The Morgan fingerprint density at radius 1 is 1.05 bits per heavy atom. The molecule has 0 aliphatic carbocycles. The number of carbonyl (C=O) groups is 2. The smallest absolute Gasteiger partial charge is 0.282 e. The van der Waals surface area contributed by atoms with E-state index in [2.05, 4.69) is 5.16 Å². The Morgan fingerprint density at radius 2 is 1.77 bits per heavy atom. The molecule has 0 bridgehead atoms. The molecule has 1 saturated heterocycles. The highest BCUT2D eigenvalue weighted by Gasteiger charge is 2.46. The topological polar surface area (TPSA) is 94.4 Å². The minimum atomic E-state index is -2.87. The molecule has 2 amide bonds. The Kier molecular flexibility index (Phi) is 5.73. The summed E-state index contributed by atoms with van der Waals surface area (Å²) in [5.74, 6) is -3.41. The van der Waals surface area contributed by atoms with Gasteiger partial charge >= 0.3 is 0 Å². The summed E-state index contributed by atoms with van der Waals surface area (Å²) in [6.45, 7) is 2.82. The van der Waals surface area contributed by atoms with Crippen LogP contribution >= 0.6 is 11.6 Å². The number of aromatic nitrogens is 2. The van der Waals surface area contributed by atoms with Gasteiger partial charge in [-0.05, 0) is 67.4 Å². The summed E-state index contributed by atoms with van der Waals surface area (Å²) in [5.41, 5.74) is 11.0. The van der Waals surface area contributed by atoms with Gasteiger partial charge in [-0.15, -0.1) is 0 Å². The molecule has 0 unspecified atom stereocenters. The zero-order valence-electron chi connectivity index (χ0n) is 21.1. The van der Waals surface area contributed by atoms with Crippen LogP contribution in [-0.4, -0.2) is 45.5 Å². The highest BCUT2D eigenvalue weighted by atomic mass is 35.5. The van der Waals surface area contributed by atoms with E-state index >= 15 is 0 Å². The number of alkyl halides is 2. The van der Waals surface area contributed by atoms with Crippen molar-refractivity contribution in [2.75, 3.05) is 13.1 Å². The van der Waals surface area contributed by atoms with Crippen molar-refractivity contribution in [3.8, 4) is 11.1 Å². The first-order valence-electron chi connectivity index (χ1n) is 12.3. The highest BCUT2D eigenvalue weighted by molar-refractivity contribution is 6.30. The third-order valence-corrected chi connectivity index (χ3v) is 7.44. The van der Waals surface area contributed by atoms with Crippen molar-refractivity contribution < 1.29 is 22.9 Å². The van der Waals surface area contributed by atoms with Crippen LogP contribution in [0.5, 0.6) is 0 Å². The molecule has 0 spiro atoms. The number of nitrogens with two attached hydrogens (primary N) is 1. The van der Waals surface area contributed by atoms with Crippen LogP contribution in [0.25, 0.3) is 32.9 Å². The number of rotatable bonds is 5. The highest BCUT2D eigenvalue weighted by Crippen LogP contribution is 2.38. The summed E-state index contributed by atoms with van der Waals surface area (Å²) in [5, 5.41) is 5.86. The van der Waals surface area contributed by atoms with Gasteiger partial charge in [0.1, 0.15) is 5.76 Å². The summed E-state index contributed by atoms with van der Waals surface area (Å²) in [6.07, 6.45) is 0. The van der Waals surface area contributed by atoms with Crippen LogP contribution in [0.15, 0.2) is 59.1 Å². The maximum atomic E-state index is 13.4. The molecule has 0 radical (unpaired) electrons. The van der Waals surface area contributed by atoms with E-state index in [0.717, 1.165) is 21.5 Å². The lowest BCUT2D eigenvalue weighted by atomic mass is 9.96. The molecular formula is C29H23ClF2N4O3. The number of aryl methyl sites for hydroxylation is 2. The summed E-state index contributed by atoms with van der Waals surface area (Å²) >= 11 is 6.10. The SMILES string of the molecule is Cc1noc(C)c1-c1cc(C(N)=O)c2c3cc(C(=O)N4CC(F)(F)C4)ccc3n(Cc3ccc(Cl)cc3)c2c1. The minimum Gasteiger partial charge on any atom is -0.366 e. The second-order valence-electron chi connectivity index (χ2n) is 9.94. The van der Waals surface area contributed by atoms with Gasteiger partial charge in [0.25, 0.3) is 11.8 Å². The van der Waals surface area contributed by atoms with E-state index in [1.165, 1.54) is 0 Å². The van der Waals surface area contributed by atoms with Crippen LogP contribution in [0.3, 0.4) is 0 Å². The second-order valence-corrected chi connectivity index (χ2v) is 10.4. The number of likely N-dealkylation sites (tertiary alicyclic amines) is 1. The third-order valence-electron chi connectivity index (χ3n) is 7.19. The fourth-order valence-corrected chi connectivity index (χ4v) is 5.50. The average molecular weight is 549 g/mol. The van der Waals surface area contributed by atoms with E-state index < -0.39 is 30.8 Å². The number of hydrogen-bond acceptors (Lipinski definition) is 4. The van der Waals surface area contributed by atoms with E-state index in [1.807, 2.05) is 29.7 Å². The molecule has 7 nitrogen and oxygen atoms in total. The molecule has 3 heterocycles. The predicted molar refractivity (Wildman–Crippen MR) is 144 cm³/mol. The lowest BCUT2D eigenvalue weighted by Gasteiger charge is -2.38. The van der Waals surface area contributed by atoms with Gasteiger partial charge in [0.05, 0.1) is 24.3 Å². The van der Waals surface area contributed by atoms with Gasteiger partial charge < -0.3 is 19.7 Å². The maximum absolute atomic E-state index is 13.4. The molecule has 1 fully saturated rings. The zero-order chi connectivity index (χ0) is 27.6. The lowest BCUT2D eigenvalue weighted by Crippen LogP contribution is -2.58. The van der Waals surface area contributed by atoms with E-state index in [9.17, 15) is 18.4 Å². The molecule has 10 heteroatoms. The Labute approximate surface area is 226 Å². The number of carbonyl (C=O) groups excluding carboxylic acids is 2. The summed E-state index contributed by atoms with van der Waals surface area (Å²) in [6, 6.07) is 16.1. The van der Waals surface area contributed by atoms with Crippen LogP contribution in [0, 0.1) is 13.8 Å². The molecular weight excluding hydrogens is 526 g/mol. The van der Waals surface area contributed by atoms with E-state index in [4.69, 9.17) is 21.9 Å². The fourth-order valence-electron chi connectivity index (χ4n) is 5.37. The quantitative estimate of drug-likeness (QED) is 0.293. The van der Waals surface area contributed by atoms with Gasteiger partial charge in [-0.1, -0.05) is 28.9 Å². The molecule has 1 aliphatic heterocycles. The van der Waals surface area contributed by atoms with Gasteiger partial charge in [-0.2, -0.15) is 0 Å². The number of benzene rings is 3. The van der Waals surface area contributed by atoms with Gasteiger partial charge in [0.15, 0.2) is 0 Å². The summed E-state index contributed by atoms with van der Waals surface area (Å²) < 4.78 is 34.3. The van der Waals surface area contributed by atoms with Crippen LogP contribution in [0.4, 0.5) is 8.78 Å². The molecule has 198 valence electrons. The average Bonchev–Trinajstić information content (AvgIpc) is 3.38. The van der Waals surface area contributed by atoms with Gasteiger partial charge in [-0.3, -0.25) is 9.59 Å². The molecule has 0 atom stereocenters. The standard InChI is InChI=1S/C29H23ClF2N4O3/c1-15-25(16(2)39-34-15)19-10-22(27(33)37)26-21-9-18(28(38)35-13-29(31,32)14-35)5-8-23(21)36(24(26)11-19)12-17-3-6-20(30)7-4-17/h3-11H,12-14H2,1-2H3,(H2,33,37).